The predicted molar refractivity (Wildman–Crippen MR) is 80.5 cm³/mol. The minimum Gasteiger partial charge on any atom is -0.466 e. The lowest BCUT2D eigenvalue weighted by molar-refractivity contribution is -0.143. The van der Waals surface area contributed by atoms with Gasteiger partial charge in [-0.1, -0.05) is 13.3 Å². The standard InChI is InChI=1S/C15H30N2O3/c1-4-13(3)17-14(18)10-12-16-11-8-6-7-9-15(19)20-5-2/h13,16H,4-12H2,1-3H3,(H,17,18). The SMILES string of the molecule is CCOC(=O)CCCCCNCCC(=O)NC(C)CC. The number of amides is 1. The van der Waals surface area contributed by atoms with Crippen LogP contribution in [0.5, 0.6) is 0 Å². The number of esters is 1. The van der Waals surface area contributed by atoms with E-state index in [-0.39, 0.29) is 17.9 Å². The van der Waals surface area contributed by atoms with Gasteiger partial charge in [-0.2, -0.15) is 0 Å². The second-order valence-electron chi connectivity index (χ2n) is 4.99. The van der Waals surface area contributed by atoms with Gasteiger partial charge in [0.1, 0.15) is 0 Å². The summed E-state index contributed by atoms with van der Waals surface area (Å²) in [5, 5.41) is 6.18. The number of carbonyl (C=O) groups is 2. The molecule has 0 saturated carbocycles. The van der Waals surface area contributed by atoms with Gasteiger partial charge in [0.05, 0.1) is 6.61 Å². The fourth-order valence-electron chi connectivity index (χ4n) is 1.71. The van der Waals surface area contributed by atoms with E-state index in [9.17, 15) is 9.59 Å². The second kappa shape index (κ2) is 12.9. The maximum absolute atomic E-state index is 11.5. The summed E-state index contributed by atoms with van der Waals surface area (Å²) in [6.07, 6.45) is 4.88. The molecule has 0 rings (SSSR count). The average Bonchev–Trinajstić information content (AvgIpc) is 2.41. The zero-order valence-electron chi connectivity index (χ0n) is 13.2. The van der Waals surface area contributed by atoms with Gasteiger partial charge in [-0.3, -0.25) is 9.59 Å². The molecule has 0 aromatic carbocycles. The van der Waals surface area contributed by atoms with E-state index in [0.717, 1.165) is 32.2 Å². The molecule has 1 unspecified atom stereocenters. The number of unbranched alkanes of at least 4 members (excludes halogenated alkanes) is 2. The fourth-order valence-corrected chi connectivity index (χ4v) is 1.71. The van der Waals surface area contributed by atoms with E-state index in [1.54, 1.807) is 0 Å². The van der Waals surface area contributed by atoms with Gasteiger partial charge in [-0.25, -0.2) is 0 Å². The van der Waals surface area contributed by atoms with Crippen LogP contribution in [0.2, 0.25) is 0 Å². The molecule has 0 aromatic rings. The van der Waals surface area contributed by atoms with Gasteiger partial charge in [0, 0.05) is 25.4 Å². The van der Waals surface area contributed by atoms with Gasteiger partial charge in [0.2, 0.25) is 5.91 Å². The van der Waals surface area contributed by atoms with E-state index in [1.165, 1.54) is 0 Å². The Bertz CT molecular complexity index is 270. The van der Waals surface area contributed by atoms with Crippen LogP contribution in [-0.4, -0.2) is 37.6 Å². The highest BCUT2D eigenvalue weighted by Crippen LogP contribution is 2.00. The summed E-state index contributed by atoms with van der Waals surface area (Å²) in [4.78, 5) is 22.6. The third kappa shape index (κ3) is 12.0. The Morgan fingerprint density at radius 3 is 2.45 bits per heavy atom. The van der Waals surface area contributed by atoms with Crippen molar-refractivity contribution in [3.8, 4) is 0 Å². The Balaban J connectivity index is 3.28. The lowest BCUT2D eigenvalue weighted by atomic mass is 10.2. The number of ether oxygens (including phenoxy) is 1. The minimum atomic E-state index is -0.109. The van der Waals surface area contributed by atoms with E-state index in [1.807, 2.05) is 13.8 Å². The molecule has 1 amide bonds. The predicted octanol–water partition coefficient (Wildman–Crippen LogP) is 2.00. The summed E-state index contributed by atoms with van der Waals surface area (Å²) in [5.74, 6) is -0.00339. The van der Waals surface area contributed by atoms with Crippen LogP contribution in [0.4, 0.5) is 0 Å². The van der Waals surface area contributed by atoms with Crippen LogP contribution in [-0.2, 0) is 14.3 Å². The number of nitrogens with one attached hydrogen (secondary N) is 2. The van der Waals surface area contributed by atoms with Crippen molar-refractivity contribution in [1.29, 1.82) is 0 Å². The number of hydrogen-bond acceptors (Lipinski definition) is 4. The molecular formula is C15H30N2O3. The maximum Gasteiger partial charge on any atom is 0.305 e. The summed E-state index contributed by atoms with van der Waals surface area (Å²) in [6.45, 7) is 7.94. The first-order chi connectivity index (χ1) is 9.60. The quantitative estimate of drug-likeness (QED) is 0.425. The molecule has 0 aliphatic heterocycles. The molecular weight excluding hydrogens is 256 g/mol. The Hall–Kier alpha value is -1.10. The molecule has 0 aliphatic carbocycles. The van der Waals surface area contributed by atoms with Crippen LogP contribution in [0.15, 0.2) is 0 Å². The van der Waals surface area contributed by atoms with Gasteiger partial charge >= 0.3 is 5.97 Å². The van der Waals surface area contributed by atoms with Crippen molar-refractivity contribution in [2.45, 2.75) is 65.3 Å². The first kappa shape index (κ1) is 18.9. The molecule has 20 heavy (non-hydrogen) atoms. The summed E-state index contributed by atoms with van der Waals surface area (Å²) in [6, 6.07) is 0.255. The first-order valence-corrected chi connectivity index (χ1v) is 7.75. The van der Waals surface area contributed by atoms with Crippen molar-refractivity contribution in [3.05, 3.63) is 0 Å². The van der Waals surface area contributed by atoms with Gasteiger partial charge in [0.15, 0.2) is 0 Å². The van der Waals surface area contributed by atoms with E-state index in [0.29, 0.717) is 26.0 Å². The lowest BCUT2D eigenvalue weighted by Crippen LogP contribution is -2.34. The molecule has 0 radical (unpaired) electrons. The van der Waals surface area contributed by atoms with Crippen LogP contribution < -0.4 is 10.6 Å². The number of rotatable bonds is 12. The van der Waals surface area contributed by atoms with Gasteiger partial charge in [-0.15, -0.1) is 0 Å². The van der Waals surface area contributed by atoms with Crippen molar-refractivity contribution in [2.24, 2.45) is 0 Å². The lowest BCUT2D eigenvalue weighted by Gasteiger charge is -2.11. The Labute approximate surface area is 122 Å². The molecule has 5 heteroatoms. The maximum atomic E-state index is 11.5. The third-order valence-electron chi connectivity index (χ3n) is 3.09. The van der Waals surface area contributed by atoms with E-state index >= 15 is 0 Å². The van der Waals surface area contributed by atoms with Gasteiger partial charge in [-0.05, 0) is 39.7 Å². The number of carbonyl (C=O) groups excluding carboxylic acids is 2. The summed E-state index contributed by atoms with van der Waals surface area (Å²) in [7, 11) is 0. The molecule has 118 valence electrons. The van der Waals surface area contributed by atoms with Crippen molar-refractivity contribution in [1.82, 2.24) is 10.6 Å². The minimum absolute atomic E-state index is 0.106. The molecule has 0 saturated heterocycles. The molecule has 0 aliphatic rings. The van der Waals surface area contributed by atoms with Crippen LogP contribution in [0.25, 0.3) is 0 Å². The molecule has 0 heterocycles. The summed E-state index contributed by atoms with van der Waals surface area (Å²) in [5.41, 5.74) is 0. The summed E-state index contributed by atoms with van der Waals surface area (Å²) >= 11 is 0. The van der Waals surface area contributed by atoms with Crippen molar-refractivity contribution < 1.29 is 14.3 Å². The molecule has 0 spiro atoms. The monoisotopic (exact) mass is 286 g/mol. The van der Waals surface area contributed by atoms with Crippen LogP contribution in [0.1, 0.15) is 59.3 Å². The highest BCUT2D eigenvalue weighted by molar-refractivity contribution is 5.76. The highest BCUT2D eigenvalue weighted by atomic mass is 16.5. The van der Waals surface area contributed by atoms with E-state index in [4.69, 9.17) is 4.74 Å². The smallest absolute Gasteiger partial charge is 0.305 e. The first-order valence-electron chi connectivity index (χ1n) is 7.75. The molecule has 1 atom stereocenters. The third-order valence-corrected chi connectivity index (χ3v) is 3.09. The normalized spacial score (nSPS) is 11.9. The molecule has 0 aromatic heterocycles. The fraction of sp³-hybridized carbons (Fsp3) is 0.867. The molecule has 0 fully saturated rings. The average molecular weight is 286 g/mol. The van der Waals surface area contributed by atoms with Crippen molar-refractivity contribution >= 4 is 11.9 Å². The zero-order valence-corrected chi connectivity index (χ0v) is 13.2. The van der Waals surface area contributed by atoms with Crippen LogP contribution in [0, 0.1) is 0 Å². The molecule has 2 N–H and O–H groups in total. The second-order valence-corrected chi connectivity index (χ2v) is 4.99. The van der Waals surface area contributed by atoms with Crippen molar-refractivity contribution in [2.75, 3.05) is 19.7 Å². The van der Waals surface area contributed by atoms with Crippen LogP contribution >= 0.6 is 0 Å². The van der Waals surface area contributed by atoms with Gasteiger partial charge < -0.3 is 15.4 Å². The van der Waals surface area contributed by atoms with Crippen LogP contribution in [0.3, 0.4) is 0 Å². The molecule has 5 nitrogen and oxygen atoms in total. The highest BCUT2D eigenvalue weighted by Gasteiger charge is 2.04. The Morgan fingerprint density at radius 2 is 1.80 bits per heavy atom. The largest absolute Gasteiger partial charge is 0.466 e. The van der Waals surface area contributed by atoms with E-state index < -0.39 is 0 Å². The van der Waals surface area contributed by atoms with E-state index in [2.05, 4.69) is 17.6 Å². The molecule has 0 bridgehead atoms. The Morgan fingerprint density at radius 1 is 1.05 bits per heavy atom. The van der Waals surface area contributed by atoms with Crippen molar-refractivity contribution in [3.63, 3.8) is 0 Å². The summed E-state index contributed by atoms with van der Waals surface area (Å²) < 4.78 is 4.86. The van der Waals surface area contributed by atoms with Gasteiger partial charge in [0.25, 0.3) is 0 Å². The number of hydrogen-bond donors (Lipinski definition) is 2. The zero-order chi connectivity index (χ0) is 15.2. The Kier molecular flexibility index (Phi) is 12.2. The topological polar surface area (TPSA) is 67.4 Å².